The van der Waals surface area contributed by atoms with E-state index in [-0.39, 0.29) is 10.8 Å². The minimum absolute atomic E-state index is 0.0560. The molecule has 1 amide bonds. The van der Waals surface area contributed by atoms with E-state index in [4.69, 9.17) is 4.74 Å². The van der Waals surface area contributed by atoms with Gasteiger partial charge < -0.3 is 14.6 Å². The lowest BCUT2D eigenvalue weighted by Gasteiger charge is -2.14. The predicted molar refractivity (Wildman–Crippen MR) is 108 cm³/mol. The van der Waals surface area contributed by atoms with E-state index >= 15 is 0 Å². The van der Waals surface area contributed by atoms with Crippen molar-refractivity contribution in [1.29, 1.82) is 0 Å². The zero-order valence-electron chi connectivity index (χ0n) is 16.2. The number of fused-ring (bicyclic) bond motifs is 1. The quantitative estimate of drug-likeness (QED) is 0.600. The van der Waals surface area contributed by atoms with E-state index < -0.39 is 22.0 Å². The fraction of sp³-hybridized carbons (Fsp3) is 0.200. The van der Waals surface area contributed by atoms with Crippen LogP contribution >= 0.6 is 0 Å². The van der Waals surface area contributed by atoms with Crippen LogP contribution in [0.15, 0.2) is 59.6 Å². The number of esters is 1. The van der Waals surface area contributed by atoms with Gasteiger partial charge in [0.25, 0.3) is 5.91 Å². The highest BCUT2D eigenvalue weighted by molar-refractivity contribution is 7.89. The maximum absolute atomic E-state index is 12.6. The normalized spacial score (nSPS) is 12.5. The van der Waals surface area contributed by atoms with Crippen LogP contribution in [0, 0.1) is 0 Å². The number of nitrogens with zero attached hydrogens (tertiary/aromatic N) is 1. The van der Waals surface area contributed by atoms with E-state index in [0.29, 0.717) is 11.3 Å². The van der Waals surface area contributed by atoms with Gasteiger partial charge in [-0.1, -0.05) is 12.1 Å². The number of amides is 1. The summed E-state index contributed by atoms with van der Waals surface area (Å²) in [5.41, 5.74) is 1.16. The molecule has 9 heteroatoms. The molecule has 0 saturated heterocycles. The fourth-order valence-corrected chi connectivity index (χ4v) is 3.90. The first-order valence-corrected chi connectivity index (χ1v) is 10.3. The van der Waals surface area contributed by atoms with Crippen LogP contribution in [0.4, 0.5) is 0 Å². The smallest absolute Gasteiger partial charge is 0.329 e. The zero-order valence-corrected chi connectivity index (χ0v) is 17.0. The van der Waals surface area contributed by atoms with Gasteiger partial charge in [-0.05, 0) is 43.3 Å². The number of benzene rings is 2. The minimum atomic E-state index is -3.97. The molecule has 29 heavy (non-hydrogen) atoms. The summed E-state index contributed by atoms with van der Waals surface area (Å²) in [6.07, 6.45) is 1.55. The molecule has 2 aromatic carbocycles. The van der Waals surface area contributed by atoms with Crippen LogP contribution in [-0.2, 0) is 14.8 Å². The van der Waals surface area contributed by atoms with Crippen molar-refractivity contribution in [1.82, 2.24) is 14.6 Å². The molecule has 3 aromatic rings. The second kappa shape index (κ2) is 8.06. The minimum Gasteiger partial charge on any atom is -0.423 e. The van der Waals surface area contributed by atoms with Gasteiger partial charge in [-0.25, -0.2) is 13.2 Å². The van der Waals surface area contributed by atoms with Gasteiger partial charge in [0, 0.05) is 36.8 Å². The van der Waals surface area contributed by atoms with Crippen LogP contribution in [0.2, 0.25) is 0 Å². The van der Waals surface area contributed by atoms with Crippen LogP contribution in [-0.4, -0.2) is 50.3 Å². The Kier molecular flexibility index (Phi) is 5.71. The molecule has 1 atom stereocenters. The Balaban J connectivity index is 1.70. The standard InChI is InChI=1S/C20H21N3O5S/c1-13(20(25)28-18-12-21-17-7-5-4-6-16(17)18)22-29(26,27)15-10-8-14(9-11-15)19(24)23(2)3/h4-13,21-22H,1-3H3/t13-/m0/s1. The van der Waals surface area contributed by atoms with E-state index in [1.807, 2.05) is 18.2 Å². The third-order valence-corrected chi connectivity index (χ3v) is 5.82. The average molecular weight is 415 g/mol. The van der Waals surface area contributed by atoms with Crippen molar-refractivity contribution in [2.45, 2.75) is 17.9 Å². The van der Waals surface area contributed by atoms with E-state index in [0.717, 1.165) is 10.9 Å². The van der Waals surface area contributed by atoms with Gasteiger partial charge in [-0.2, -0.15) is 4.72 Å². The summed E-state index contributed by atoms with van der Waals surface area (Å²) in [7, 11) is -0.759. The van der Waals surface area contributed by atoms with E-state index in [1.54, 1.807) is 26.4 Å². The van der Waals surface area contributed by atoms with Gasteiger partial charge in [0.1, 0.15) is 6.04 Å². The van der Waals surface area contributed by atoms with Gasteiger partial charge in [-0.3, -0.25) is 4.79 Å². The maximum atomic E-state index is 12.6. The molecular weight excluding hydrogens is 394 g/mol. The Bertz CT molecular complexity index is 1150. The van der Waals surface area contributed by atoms with E-state index in [9.17, 15) is 18.0 Å². The van der Waals surface area contributed by atoms with Gasteiger partial charge in [0.15, 0.2) is 5.75 Å². The summed E-state index contributed by atoms with van der Waals surface area (Å²) < 4.78 is 32.8. The number of hydrogen-bond donors (Lipinski definition) is 2. The molecular formula is C20H21N3O5S. The van der Waals surface area contributed by atoms with Gasteiger partial charge in [-0.15, -0.1) is 0 Å². The Labute approximate surface area is 168 Å². The van der Waals surface area contributed by atoms with E-state index in [1.165, 1.54) is 36.1 Å². The van der Waals surface area contributed by atoms with Gasteiger partial charge in [0.2, 0.25) is 10.0 Å². The number of sulfonamides is 1. The van der Waals surface area contributed by atoms with Crippen molar-refractivity contribution in [2.24, 2.45) is 0 Å². The van der Waals surface area contributed by atoms with Crippen molar-refractivity contribution in [3.05, 3.63) is 60.3 Å². The molecule has 0 saturated carbocycles. The molecule has 152 valence electrons. The summed E-state index contributed by atoms with van der Waals surface area (Å²) in [6.45, 7) is 1.40. The Hall–Kier alpha value is -3.17. The van der Waals surface area contributed by atoms with Crippen molar-refractivity contribution in [3.63, 3.8) is 0 Å². The molecule has 1 aromatic heterocycles. The molecule has 2 N–H and O–H groups in total. The Morgan fingerprint density at radius 3 is 2.38 bits per heavy atom. The van der Waals surface area contributed by atoms with E-state index in [2.05, 4.69) is 9.71 Å². The second-order valence-electron chi connectivity index (χ2n) is 6.69. The van der Waals surface area contributed by atoms with Crippen LogP contribution in [0.1, 0.15) is 17.3 Å². The highest BCUT2D eigenvalue weighted by Gasteiger charge is 2.24. The molecule has 0 fully saturated rings. The number of H-pyrrole nitrogens is 1. The number of para-hydroxylation sites is 1. The number of rotatable bonds is 6. The lowest BCUT2D eigenvalue weighted by atomic mass is 10.2. The molecule has 0 aliphatic heterocycles. The SMILES string of the molecule is C[C@H](NS(=O)(=O)c1ccc(C(=O)N(C)C)cc1)C(=O)Oc1c[nH]c2ccccc12. The van der Waals surface area contributed by atoms with Gasteiger partial charge in [0.05, 0.1) is 4.90 Å². The first-order valence-electron chi connectivity index (χ1n) is 8.81. The highest BCUT2D eigenvalue weighted by atomic mass is 32.2. The Morgan fingerprint density at radius 1 is 1.07 bits per heavy atom. The second-order valence-corrected chi connectivity index (χ2v) is 8.40. The lowest BCUT2D eigenvalue weighted by Crippen LogP contribution is -2.40. The number of nitrogens with one attached hydrogen (secondary N) is 2. The molecule has 0 unspecified atom stereocenters. The monoisotopic (exact) mass is 415 g/mol. The number of aromatic nitrogens is 1. The van der Waals surface area contributed by atoms with Crippen LogP contribution in [0.25, 0.3) is 10.9 Å². The van der Waals surface area contributed by atoms with Crippen LogP contribution in [0.5, 0.6) is 5.75 Å². The molecule has 0 radical (unpaired) electrons. The first-order chi connectivity index (χ1) is 13.7. The van der Waals surface area contributed by atoms with Crippen LogP contribution in [0.3, 0.4) is 0 Å². The third kappa shape index (κ3) is 4.47. The molecule has 0 aliphatic carbocycles. The summed E-state index contributed by atoms with van der Waals surface area (Å²) >= 11 is 0. The average Bonchev–Trinajstić information content (AvgIpc) is 3.10. The number of carbonyl (C=O) groups excluding carboxylic acids is 2. The van der Waals surface area contributed by atoms with Crippen molar-refractivity contribution >= 4 is 32.8 Å². The van der Waals surface area contributed by atoms with Crippen molar-refractivity contribution in [3.8, 4) is 5.75 Å². The molecule has 0 aliphatic rings. The maximum Gasteiger partial charge on any atom is 0.329 e. The summed E-state index contributed by atoms with van der Waals surface area (Å²) in [5, 5.41) is 0.719. The zero-order chi connectivity index (χ0) is 21.2. The predicted octanol–water partition coefficient (Wildman–Crippen LogP) is 2.14. The molecule has 0 spiro atoms. The summed E-state index contributed by atoms with van der Waals surface area (Å²) in [6, 6.07) is 11.6. The number of carbonyl (C=O) groups is 2. The number of aromatic amines is 1. The number of ether oxygens (including phenoxy) is 1. The molecule has 8 nitrogen and oxygen atoms in total. The van der Waals surface area contributed by atoms with Crippen molar-refractivity contribution < 1.29 is 22.7 Å². The van der Waals surface area contributed by atoms with Crippen LogP contribution < -0.4 is 9.46 Å². The van der Waals surface area contributed by atoms with Gasteiger partial charge >= 0.3 is 5.97 Å². The number of hydrogen-bond acceptors (Lipinski definition) is 5. The third-order valence-electron chi connectivity index (χ3n) is 4.27. The summed E-state index contributed by atoms with van der Waals surface area (Å²) in [4.78, 5) is 28.6. The molecule has 1 heterocycles. The molecule has 3 rings (SSSR count). The topological polar surface area (TPSA) is 109 Å². The molecule has 0 bridgehead atoms. The fourth-order valence-electron chi connectivity index (χ4n) is 2.71. The highest BCUT2D eigenvalue weighted by Crippen LogP contribution is 2.25. The largest absolute Gasteiger partial charge is 0.423 e. The first kappa shape index (κ1) is 20.6. The van der Waals surface area contributed by atoms with Crippen molar-refractivity contribution in [2.75, 3.05) is 14.1 Å². The summed E-state index contributed by atoms with van der Waals surface area (Å²) in [5.74, 6) is -0.654. The Morgan fingerprint density at radius 2 is 1.72 bits per heavy atom. The lowest BCUT2D eigenvalue weighted by molar-refractivity contribution is -0.135.